The average Bonchev–Trinajstić information content (AvgIpc) is 1.86. The minimum atomic E-state index is -0.272. The molecule has 0 aliphatic carbocycles. The number of ether oxygens (including phenoxy) is 1. The lowest BCUT2D eigenvalue weighted by Crippen LogP contribution is -2.18. The number of halogens is 2. The van der Waals surface area contributed by atoms with E-state index in [0.29, 0.717) is 5.88 Å². The van der Waals surface area contributed by atoms with Gasteiger partial charge in [-0.2, -0.15) is 0 Å². The van der Waals surface area contributed by atoms with E-state index in [2.05, 4.69) is 15.9 Å². The summed E-state index contributed by atoms with van der Waals surface area (Å²) < 4.78 is 4.84. The molecule has 1 atom stereocenters. The highest BCUT2D eigenvalue weighted by Gasteiger charge is 2.08. The number of carbonyl (C=O) groups is 1. The molecule has 4 heteroatoms. The van der Waals surface area contributed by atoms with Crippen molar-refractivity contribution in [3.8, 4) is 0 Å². The molecule has 0 saturated carbocycles. The molecule has 0 amide bonds. The molecule has 1 unspecified atom stereocenters. The Bertz CT molecular complexity index is 108. The number of carbonyl (C=O) groups excluding carboxylic acids is 1. The third kappa shape index (κ3) is 5.06. The standard InChI is InChI=1S/C6H10BrClO2/c1-5(9)10-6(4-8)2-3-7/h6H,2-4H2,1H3. The summed E-state index contributed by atoms with van der Waals surface area (Å²) >= 11 is 8.72. The van der Waals surface area contributed by atoms with Crippen LogP contribution >= 0.6 is 27.5 Å². The Kier molecular flexibility index (Phi) is 6.13. The minimum Gasteiger partial charge on any atom is -0.461 e. The summed E-state index contributed by atoms with van der Waals surface area (Å²) in [5.41, 5.74) is 0. The fourth-order valence-electron chi connectivity index (χ4n) is 0.524. The molecular formula is C6H10BrClO2. The van der Waals surface area contributed by atoms with Crippen LogP contribution in [0.1, 0.15) is 13.3 Å². The summed E-state index contributed by atoms with van der Waals surface area (Å²) in [5, 5.41) is 0.803. The van der Waals surface area contributed by atoms with Gasteiger partial charge in [0.25, 0.3) is 0 Å². The van der Waals surface area contributed by atoms with E-state index in [1.807, 2.05) is 0 Å². The quantitative estimate of drug-likeness (QED) is 0.544. The molecule has 10 heavy (non-hydrogen) atoms. The molecule has 0 saturated heterocycles. The second kappa shape index (κ2) is 5.98. The molecule has 0 aromatic carbocycles. The lowest BCUT2D eigenvalue weighted by atomic mass is 10.3. The van der Waals surface area contributed by atoms with Crippen LogP contribution in [0.25, 0.3) is 0 Å². The van der Waals surface area contributed by atoms with Crippen molar-refractivity contribution in [2.24, 2.45) is 0 Å². The van der Waals surface area contributed by atoms with Gasteiger partial charge in [-0.1, -0.05) is 15.9 Å². The van der Waals surface area contributed by atoms with Crippen LogP contribution in [0.4, 0.5) is 0 Å². The van der Waals surface area contributed by atoms with Gasteiger partial charge >= 0.3 is 5.97 Å². The molecule has 0 heterocycles. The normalized spacial score (nSPS) is 12.7. The van der Waals surface area contributed by atoms with E-state index in [1.54, 1.807) is 0 Å². The highest BCUT2D eigenvalue weighted by atomic mass is 79.9. The van der Waals surface area contributed by atoms with Gasteiger partial charge in [-0.3, -0.25) is 4.79 Å². The van der Waals surface area contributed by atoms with Gasteiger partial charge in [-0.15, -0.1) is 11.6 Å². The summed E-state index contributed by atoms with van der Waals surface area (Å²) in [6, 6.07) is 0. The summed E-state index contributed by atoms with van der Waals surface area (Å²) in [6.45, 7) is 1.38. The van der Waals surface area contributed by atoms with E-state index in [-0.39, 0.29) is 12.1 Å². The zero-order chi connectivity index (χ0) is 7.98. The van der Waals surface area contributed by atoms with E-state index < -0.39 is 0 Å². The van der Waals surface area contributed by atoms with Crippen LogP contribution in [0.2, 0.25) is 0 Å². The largest absolute Gasteiger partial charge is 0.461 e. The van der Waals surface area contributed by atoms with Crippen LogP contribution in [0.15, 0.2) is 0 Å². The van der Waals surface area contributed by atoms with E-state index in [4.69, 9.17) is 16.3 Å². The monoisotopic (exact) mass is 228 g/mol. The van der Waals surface area contributed by atoms with Crippen molar-refractivity contribution in [3.05, 3.63) is 0 Å². The topological polar surface area (TPSA) is 26.3 Å². The molecule has 0 aromatic rings. The number of alkyl halides is 2. The highest BCUT2D eigenvalue weighted by Crippen LogP contribution is 2.03. The maximum atomic E-state index is 10.4. The molecule has 60 valence electrons. The van der Waals surface area contributed by atoms with Gasteiger partial charge in [0.15, 0.2) is 0 Å². The molecule has 0 aliphatic rings. The summed E-state index contributed by atoms with van der Waals surface area (Å²) in [7, 11) is 0. The minimum absolute atomic E-state index is 0.140. The second-order valence-corrected chi connectivity index (χ2v) is 2.97. The first-order valence-corrected chi connectivity index (χ1v) is 4.65. The Balaban J connectivity index is 3.49. The Morgan fingerprint density at radius 2 is 2.40 bits per heavy atom. The molecule has 0 radical (unpaired) electrons. The van der Waals surface area contributed by atoms with Gasteiger partial charge in [0.05, 0.1) is 5.88 Å². The number of esters is 1. The number of hydrogen-bond donors (Lipinski definition) is 0. The average molecular weight is 230 g/mol. The van der Waals surface area contributed by atoms with Crippen LogP contribution in [0.5, 0.6) is 0 Å². The van der Waals surface area contributed by atoms with Gasteiger partial charge < -0.3 is 4.74 Å². The maximum absolute atomic E-state index is 10.4. The van der Waals surface area contributed by atoms with Crippen molar-refractivity contribution >= 4 is 33.5 Å². The molecular weight excluding hydrogens is 219 g/mol. The highest BCUT2D eigenvalue weighted by molar-refractivity contribution is 9.09. The summed E-state index contributed by atoms with van der Waals surface area (Å²) in [6.07, 6.45) is 0.627. The van der Waals surface area contributed by atoms with Gasteiger partial charge in [0.2, 0.25) is 0 Å². The Labute approximate surface area is 74.0 Å². The van der Waals surface area contributed by atoms with Crippen LogP contribution in [0.3, 0.4) is 0 Å². The first kappa shape index (κ1) is 10.2. The van der Waals surface area contributed by atoms with E-state index in [1.165, 1.54) is 6.92 Å². The first-order chi connectivity index (χ1) is 4.70. The molecule has 2 nitrogen and oxygen atoms in total. The molecule has 0 fully saturated rings. The zero-order valence-electron chi connectivity index (χ0n) is 5.77. The third-order valence-electron chi connectivity index (χ3n) is 0.936. The predicted molar refractivity (Wildman–Crippen MR) is 44.7 cm³/mol. The van der Waals surface area contributed by atoms with Crippen molar-refractivity contribution in [2.75, 3.05) is 11.2 Å². The van der Waals surface area contributed by atoms with Crippen LogP contribution < -0.4 is 0 Å². The molecule has 0 bridgehead atoms. The first-order valence-electron chi connectivity index (χ1n) is 2.99. The van der Waals surface area contributed by atoms with E-state index in [0.717, 1.165) is 11.8 Å². The summed E-state index contributed by atoms with van der Waals surface area (Å²) in [5.74, 6) is 0.0946. The van der Waals surface area contributed by atoms with Crippen LogP contribution in [-0.2, 0) is 9.53 Å². The Morgan fingerprint density at radius 1 is 1.80 bits per heavy atom. The maximum Gasteiger partial charge on any atom is 0.302 e. The van der Waals surface area contributed by atoms with Gasteiger partial charge in [-0.25, -0.2) is 0 Å². The smallest absolute Gasteiger partial charge is 0.302 e. The van der Waals surface area contributed by atoms with Crippen LogP contribution in [-0.4, -0.2) is 23.3 Å². The van der Waals surface area contributed by atoms with Crippen molar-refractivity contribution in [2.45, 2.75) is 19.4 Å². The van der Waals surface area contributed by atoms with E-state index in [9.17, 15) is 4.79 Å². The fraction of sp³-hybridized carbons (Fsp3) is 0.833. The molecule has 0 spiro atoms. The molecule has 0 aromatic heterocycles. The van der Waals surface area contributed by atoms with Crippen molar-refractivity contribution < 1.29 is 9.53 Å². The van der Waals surface area contributed by atoms with Gasteiger partial charge in [0.1, 0.15) is 6.10 Å². The van der Waals surface area contributed by atoms with Crippen molar-refractivity contribution in [3.63, 3.8) is 0 Å². The summed E-state index contributed by atoms with van der Waals surface area (Å²) in [4.78, 5) is 10.4. The lowest BCUT2D eigenvalue weighted by Gasteiger charge is -2.11. The number of rotatable bonds is 4. The van der Waals surface area contributed by atoms with Crippen molar-refractivity contribution in [1.82, 2.24) is 0 Å². The zero-order valence-corrected chi connectivity index (χ0v) is 8.11. The molecule has 0 N–H and O–H groups in total. The Morgan fingerprint density at radius 3 is 2.70 bits per heavy atom. The van der Waals surface area contributed by atoms with Crippen molar-refractivity contribution in [1.29, 1.82) is 0 Å². The van der Waals surface area contributed by atoms with Crippen LogP contribution in [0, 0.1) is 0 Å². The second-order valence-electron chi connectivity index (χ2n) is 1.86. The Hall–Kier alpha value is 0.240. The lowest BCUT2D eigenvalue weighted by molar-refractivity contribution is -0.145. The number of hydrogen-bond acceptors (Lipinski definition) is 2. The predicted octanol–water partition coefficient (Wildman–Crippen LogP) is 1.94. The van der Waals surface area contributed by atoms with Gasteiger partial charge in [0, 0.05) is 12.3 Å². The van der Waals surface area contributed by atoms with Gasteiger partial charge in [-0.05, 0) is 6.42 Å². The fourth-order valence-corrected chi connectivity index (χ4v) is 1.25. The van der Waals surface area contributed by atoms with E-state index >= 15 is 0 Å². The SMILES string of the molecule is CC(=O)OC(CCl)CCBr. The third-order valence-corrected chi connectivity index (χ3v) is 1.74. The molecule has 0 rings (SSSR count). The molecule has 0 aliphatic heterocycles.